The Morgan fingerprint density at radius 1 is 1.33 bits per heavy atom. The molecule has 0 N–H and O–H groups in total. The van der Waals surface area contributed by atoms with Crippen molar-refractivity contribution in [1.82, 2.24) is 4.90 Å². The first kappa shape index (κ1) is 10.5. The van der Waals surface area contributed by atoms with Gasteiger partial charge in [0.1, 0.15) is 9.90 Å². The fourth-order valence-electron chi connectivity index (χ4n) is 1.19. The summed E-state index contributed by atoms with van der Waals surface area (Å²) in [5, 5.41) is 1.96. The first-order valence-electron chi connectivity index (χ1n) is 4.54. The summed E-state index contributed by atoms with van der Waals surface area (Å²) in [4.78, 5) is 1.90. The Kier molecular flexibility index (Phi) is 2.98. The summed E-state index contributed by atoms with van der Waals surface area (Å²) in [5.41, 5.74) is 0.904. The van der Waals surface area contributed by atoms with E-state index in [-0.39, 0.29) is 0 Å². The zero-order valence-electron chi connectivity index (χ0n) is 8.56. The third kappa shape index (κ3) is 2.33. The minimum absolute atomic E-state index is 0.800. The standard InChI is InChI=1S/C11H11NOS2/c1-12(2)11(14)15-10-7-8-5-3-4-6-9(8)13-10/h3-7H,1-2H3. The summed E-state index contributed by atoms with van der Waals surface area (Å²) in [5.74, 6) is 0. The quantitative estimate of drug-likeness (QED) is 0.558. The average molecular weight is 237 g/mol. The number of nitrogens with zero attached hydrogens (tertiary/aromatic N) is 1. The number of hydrogen-bond donors (Lipinski definition) is 0. The van der Waals surface area contributed by atoms with Crippen LogP contribution in [0.1, 0.15) is 0 Å². The van der Waals surface area contributed by atoms with Crippen LogP contribution in [0, 0.1) is 0 Å². The van der Waals surface area contributed by atoms with Crippen LogP contribution in [-0.4, -0.2) is 23.3 Å². The molecule has 0 amide bonds. The van der Waals surface area contributed by atoms with Gasteiger partial charge in [-0.3, -0.25) is 0 Å². The van der Waals surface area contributed by atoms with E-state index in [9.17, 15) is 0 Å². The van der Waals surface area contributed by atoms with Gasteiger partial charge in [-0.25, -0.2) is 0 Å². The van der Waals surface area contributed by atoms with Crippen molar-refractivity contribution in [2.45, 2.75) is 5.09 Å². The molecule has 0 fully saturated rings. The molecule has 0 aliphatic rings. The van der Waals surface area contributed by atoms with Gasteiger partial charge in [0.2, 0.25) is 0 Å². The molecule has 0 aliphatic carbocycles. The second-order valence-corrected chi connectivity index (χ2v) is 5.00. The maximum atomic E-state index is 5.64. The predicted octanol–water partition coefficient (Wildman–Crippen LogP) is 3.37. The van der Waals surface area contributed by atoms with Gasteiger partial charge in [0.05, 0.1) is 0 Å². The second-order valence-electron chi connectivity index (χ2n) is 3.37. The number of furan rings is 1. The number of fused-ring (bicyclic) bond motifs is 1. The van der Waals surface area contributed by atoms with Gasteiger partial charge in [0.15, 0.2) is 5.09 Å². The van der Waals surface area contributed by atoms with Crippen molar-refractivity contribution in [2.75, 3.05) is 14.1 Å². The zero-order valence-corrected chi connectivity index (χ0v) is 10.2. The smallest absolute Gasteiger partial charge is 0.168 e. The fourth-order valence-corrected chi connectivity index (χ4v) is 2.10. The molecule has 0 saturated heterocycles. The van der Waals surface area contributed by atoms with Crippen LogP contribution < -0.4 is 0 Å². The summed E-state index contributed by atoms with van der Waals surface area (Å²) < 4.78 is 6.44. The number of hydrogen-bond acceptors (Lipinski definition) is 3. The number of rotatable bonds is 1. The molecule has 0 aliphatic heterocycles. The van der Waals surface area contributed by atoms with Crippen LogP contribution in [0.15, 0.2) is 39.8 Å². The minimum Gasteiger partial charge on any atom is -0.449 e. The van der Waals surface area contributed by atoms with Gasteiger partial charge in [-0.2, -0.15) is 0 Å². The van der Waals surface area contributed by atoms with Crippen molar-refractivity contribution in [1.29, 1.82) is 0 Å². The molecule has 0 radical (unpaired) electrons. The second kappa shape index (κ2) is 4.24. The molecule has 2 aromatic rings. The van der Waals surface area contributed by atoms with Crippen LogP contribution in [0.4, 0.5) is 0 Å². The third-order valence-corrected chi connectivity index (χ3v) is 3.51. The molecule has 1 heterocycles. The molecule has 4 heteroatoms. The summed E-state index contributed by atoms with van der Waals surface area (Å²) in [6.45, 7) is 0. The number of para-hydroxylation sites is 1. The molecule has 0 bridgehead atoms. The van der Waals surface area contributed by atoms with E-state index in [1.807, 2.05) is 49.3 Å². The van der Waals surface area contributed by atoms with E-state index in [1.54, 1.807) is 0 Å². The highest BCUT2D eigenvalue weighted by molar-refractivity contribution is 8.22. The molecule has 78 valence electrons. The Bertz CT molecular complexity index is 457. The van der Waals surface area contributed by atoms with E-state index in [1.165, 1.54) is 11.8 Å². The lowest BCUT2D eigenvalue weighted by Gasteiger charge is -2.10. The van der Waals surface area contributed by atoms with Crippen LogP contribution in [0.25, 0.3) is 11.0 Å². The lowest BCUT2D eigenvalue weighted by atomic mass is 10.3. The van der Waals surface area contributed by atoms with Gasteiger partial charge in [0, 0.05) is 19.5 Å². The van der Waals surface area contributed by atoms with Gasteiger partial charge >= 0.3 is 0 Å². The van der Waals surface area contributed by atoms with Crippen molar-refractivity contribution < 1.29 is 4.42 Å². The topological polar surface area (TPSA) is 16.4 Å². The largest absolute Gasteiger partial charge is 0.449 e. The minimum atomic E-state index is 0.800. The number of thiocarbonyl (C=S) groups is 1. The lowest BCUT2D eigenvalue weighted by molar-refractivity contribution is 0.515. The van der Waals surface area contributed by atoms with Crippen molar-refractivity contribution >= 4 is 39.3 Å². The Morgan fingerprint density at radius 2 is 2.07 bits per heavy atom. The van der Waals surface area contributed by atoms with Crippen LogP contribution in [0.2, 0.25) is 0 Å². The maximum Gasteiger partial charge on any atom is 0.168 e. The lowest BCUT2D eigenvalue weighted by Crippen LogP contribution is -2.15. The Labute approximate surface area is 98.2 Å². The molecule has 1 aromatic heterocycles. The first-order chi connectivity index (χ1) is 7.16. The van der Waals surface area contributed by atoms with E-state index in [0.29, 0.717) is 0 Å². The molecule has 15 heavy (non-hydrogen) atoms. The highest BCUT2D eigenvalue weighted by Gasteiger charge is 2.07. The molecule has 0 atom stereocenters. The van der Waals surface area contributed by atoms with Gasteiger partial charge in [-0.05, 0) is 23.9 Å². The van der Waals surface area contributed by atoms with Crippen molar-refractivity contribution in [3.05, 3.63) is 30.3 Å². The van der Waals surface area contributed by atoms with Crippen LogP contribution in [-0.2, 0) is 0 Å². The van der Waals surface area contributed by atoms with Crippen molar-refractivity contribution in [3.8, 4) is 0 Å². The van der Waals surface area contributed by atoms with Crippen molar-refractivity contribution in [3.63, 3.8) is 0 Å². The first-order valence-corrected chi connectivity index (χ1v) is 5.77. The third-order valence-electron chi connectivity index (χ3n) is 1.96. The van der Waals surface area contributed by atoms with Crippen molar-refractivity contribution in [2.24, 2.45) is 0 Å². The van der Waals surface area contributed by atoms with E-state index in [0.717, 1.165) is 20.4 Å². The van der Waals surface area contributed by atoms with Crippen LogP contribution >= 0.6 is 24.0 Å². The zero-order chi connectivity index (χ0) is 10.8. The summed E-state index contributed by atoms with van der Waals surface area (Å²) in [6.07, 6.45) is 0. The Balaban J connectivity index is 2.26. The molecule has 1 aromatic carbocycles. The molecule has 0 saturated carbocycles. The summed E-state index contributed by atoms with van der Waals surface area (Å²) >= 11 is 6.66. The van der Waals surface area contributed by atoms with Crippen LogP contribution in [0.5, 0.6) is 0 Å². The number of benzene rings is 1. The molecule has 0 spiro atoms. The normalized spacial score (nSPS) is 10.5. The molecular formula is C11H11NOS2. The SMILES string of the molecule is CN(C)C(=S)Sc1cc2ccccc2o1. The highest BCUT2D eigenvalue weighted by atomic mass is 32.2. The fraction of sp³-hybridized carbons (Fsp3) is 0.182. The van der Waals surface area contributed by atoms with Gasteiger partial charge < -0.3 is 9.32 Å². The van der Waals surface area contributed by atoms with E-state index >= 15 is 0 Å². The number of thioether (sulfide) groups is 1. The Morgan fingerprint density at radius 3 is 2.73 bits per heavy atom. The van der Waals surface area contributed by atoms with Gasteiger partial charge in [-0.15, -0.1) is 0 Å². The van der Waals surface area contributed by atoms with E-state index < -0.39 is 0 Å². The summed E-state index contributed by atoms with van der Waals surface area (Å²) in [6, 6.07) is 9.95. The van der Waals surface area contributed by atoms with Gasteiger partial charge in [-0.1, -0.05) is 30.4 Å². The molecular weight excluding hydrogens is 226 g/mol. The molecule has 2 rings (SSSR count). The van der Waals surface area contributed by atoms with E-state index in [2.05, 4.69) is 0 Å². The van der Waals surface area contributed by atoms with Gasteiger partial charge in [0.25, 0.3) is 0 Å². The Hall–Kier alpha value is -1.00. The molecule has 2 nitrogen and oxygen atoms in total. The maximum absolute atomic E-state index is 5.64. The predicted molar refractivity (Wildman–Crippen MR) is 68.4 cm³/mol. The van der Waals surface area contributed by atoms with Crippen LogP contribution in [0.3, 0.4) is 0 Å². The molecule has 0 unspecified atom stereocenters. The monoisotopic (exact) mass is 237 g/mol. The average Bonchev–Trinajstić information content (AvgIpc) is 2.59. The van der Waals surface area contributed by atoms with E-state index in [4.69, 9.17) is 16.6 Å². The highest BCUT2D eigenvalue weighted by Crippen LogP contribution is 2.28. The summed E-state index contributed by atoms with van der Waals surface area (Å²) in [7, 11) is 3.86.